The summed E-state index contributed by atoms with van der Waals surface area (Å²) in [6.07, 6.45) is 1.00. The molecule has 0 amide bonds. The minimum absolute atomic E-state index is 0.167. The molecule has 0 atom stereocenters. The Morgan fingerprint density at radius 2 is 2.00 bits per heavy atom. The number of hydrogen-bond acceptors (Lipinski definition) is 6. The van der Waals surface area contributed by atoms with Gasteiger partial charge < -0.3 is 9.72 Å². The second kappa shape index (κ2) is 6.82. The third kappa shape index (κ3) is 3.47. The number of H-pyrrole nitrogens is 1. The van der Waals surface area contributed by atoms with Crippen molar-refractivity contribution < 1.29 is 22.1 Å². The molecule has 0 saturated carbocycles. The summed E-state index contributed by atoms with van der Waals surface area (Å²) >= 11 is 0. The summed E-state index contributed by atoms with van der Waals surface area (Å²) in [5.74, 6) is -0.446. The Morgan fingerprint density at radius 1 is 1.30 bits per heavy atom. The second-order valence-electron chi connectivity index (χ2n) is 6.34. The molecule has 0 fully saturated rings. The number of rotatable bonds is 5. The van der Waals surface area contributed by atoms with Crippen LogP contribution < -0.4 is 0 Å². The number of methoxy groups -OCH3 is 1. The molecule has 144 valence electrons. The van der Waals surface area contributed by atoms with Gasteiger partial charge in [-0.25, -0.2) is 4.79 Å². The maximum absolute atomic E-state index is 12.0. The molecule has 0 aliphatic heterocycles. The van der Waals surface area contributed by atoms with Crippen molar-refractivity contribution >= 4 is 27.0 Å². The summed E-state index contributed by atoms with van der Waals surface area (Å²) in [6, 6.07) is 5.65. The van der Waals surface area contributed by atoms with Gasteiger partial charge in [0, 0.05) is 29.2 Å². The fourth-order valence-corrected chi connectivity index (χ4v) is 3.55. The minimum Gasteiger partial charge on any atom is -0.464 e. The average Bonchev–Trinajstić information content (AvgIpc) is 3.09. The maximum atomic E-state index is 12.0. The smallest absolute Gasteiger partial charge is 0.354 e. The first-order valence-corrected chi connectivity index (χ1v) is 10.0. The molecule has 0 radical (unpaired) electrons. The number of nitrogens with one attached hydrogen (secondary N) is 1. The van der Waals surface area contributed by atoms with E-state index in [0.717, 1.165) is 39.5 Å². The van der Waals surface area contributed by atoms with Gasteiger partial charge in [-0.15, -0.1) is 0 Å². The van der Waals surface area contributed by atoms with Crippen LogP contribution in [0.15, 0.2) is 18.2 Å². The standard InChI is InChI=1S/C18H21N3O5S/c1-10-15-12(7-6-8-13(15)19-17(10)18(22)25-4)16-11(2)21(3)20-14(16)9-26-27(5,23)24/h6-8,19H,9H2,1-5H3. The van der Waals surface area contributed by atoms with E-state index in [2.05, 4.69) is 10.1 Å². The first-order valence-electron chi connectivity index (χ1n) is 8.21. The molecule has 3 rings (SSSR count). The Bertz CT molecular complexity index is 1140. The van der Waals surface area contributed by atoms with Gasteiger partial charge in [0.2, 0.25) is 0 Å². The van der Waals surface area contributed by atoms with E-state index in [4.69, 9.17) is 8.92 Å². The van der Waals surface area contributed by atoms with Crippen molar-refractivity contribution in [3.8, 4) is 11.1 Å². The SMILES string of the molecule is COC(=O)c1[nH]c2cccc(-c3c(COS(C)(=O)=O)nn(C)c3C)c2c1C. The van der Waals surface area contributed by atoms with Crippen molar-refractivity contribution in [1.29, 1.82) is 0 Å². The van der Waals surface area contributed by atoms with Crippen LogP contribution in [0.1, 0.15) is 27.4 Å². The summed E-state index contributed by atoms with van der Waals surface area (Å²) in [4.78, 5) is 15.1. The Hall–Kier alpha value is -2.65. The van der Waals surface area contributed by atoms with Crippen LogP contribution in [0.4, 0.5) is 0 Å². The number of fused-ring (bicyclic) bond motifs is 1. The van der Waals surface area contributed by atoms with Gasteiger partial charge in [0.25, 0.3) is 10.1 Å². The molecule has 27 heavy (non-hydrogen) atoms. The number of esters is 1. The van der Waals surface area contributed by atoms with E-state index >= 15 is 0 Å². The van der Waals surface area contributed by atoms with E-state index < -0.39 is 16.1 Å². The molecule has 0 aliphatic rings. The molecule has 0 bridgehead atoms. The summed E-state index contributed by atoms with van der Waals surface area (Å²) in [6.45, 7) is 3.57. The number of aromatic amines is 1. The lowest BCUT2D eigenvalue weighted by molar-refractivity contribution is 0.0594. The minimum atomic E-state index is -3.60. The zero-order valence-corrected chi connectivity index (χ0v) is 16.6. The number of carbonyl (C=O) groups excluding carboxylic acids is 1. The van der Waals surface area contributed by atoms with Crippen LogP contribution in [0.2, 0.25) is 0 Å². The van der Waals surface area contributed by atoms with Crippen LogP contribution in [-0.4, -0.2) is 42.5 Å². The van der Waals surface area contributed by atoms with Crippen molar-refractivity contribution in [1.82, 2.24) is 14.8 Å². The quantitative estimate of drug-likeness (QED) is 0.529. The molecule has 1 N–H and O–H groups in total. The molecule has 9 heteroatoms. The van der Waals surface area contributed by atoms with E-state index in [0.29, 0.717) is 11.4 Å². The van der Waals surface area contributed by atoms with Crippen molar-refractivity contribution in [3.05, 3.63) is 40.8 Å². The Morgan fingerprint density at radius 3 is 2.63 bits per heavy atom. The lowest BCUT2D eigenvalue weighted by Crippen LogP contribution is -2.04. The fraction of sp³-hybridized carbons (Fsp3) is 0.333. The molecule has 0 unspecified atom stereocenters. The number of ether oxygens (including phenoxy) is 1. The molecular formula is C18H21N3O5S. The highest BCUT2D eigenvalue weighted by Crippen LogP contribution is 2.36. The van der Waals surface area contributed by atoms with E-state index in [1.807, 2.05) is 32.0 Å². The van der Waals surface area contributed by atoms with E-state index in [1.54, 1.807) is 11.7 Å². The molecule has 0 spiro atoms. The van der Waals surface area contributed by atoms with Crippen molar-refractivity contribution in [3.63, 3.8) is 0 Å². The molecule has 2 heterocycles. The first kappa shape index (κ1) is 19.1. The normalized spacial score (nSPS) is 11.9. The molecule has 2 aromatic heterocycles. The van der Waals surface area contributed by atoms with Gasteiger partial charge in [-0.1, -0.05) is 12.1 Å². The molecule has 0 saturated heterocycles. The van der Waals surface area contributed by atoms with Crippen LogP contribution in [-0.2, 0) is 32.7 Å². The van der Waals surface area contributed by atoms with Gasteiger partial charge in [-0.2, -0.15) is 13.5 Å². The van der Waals surface area contributed by atoms with Gasteiger partial charge >= 0.3 is 5.97 Å². The summed E-state index contributed by atoms with van der Waals surface area (Å²) in [5.41, 5.74) is 4.91. The van der Waals surface area contributed by atoms with Crippen LogP contribution in [0.5, 0.6) is 0 Å². The lowest BCUT2D eigenvalue weighted by atomic mass is 9.97. The van der Waals surface area contributed by atoms with Crippen molar-refractivity contribution in [2.75, 3.05) is 13.4 Å². The molecule has 1 aromatic carbocycles. The van der Waals surface area contributed by atoms with Gasteiger partial charge in [0.1, 0.15) is 12.3 Å². The highest BCUT2D eigenvalue weighted by Gasteiger charge is 2.22. The van der Waals surface area contributed by atoms with Crippen LogP contribution in [0.3, 0.4) is 0 Å². The topological polar surface area (TPSA) is 103 Å². The third-order valence-corrected chi connectivity index (χ3v) is 5.10. The highest BCUT2D eigenvalue weighted by molar-refractivity contribution is 7.85. The third-order valence-electron chi connectivity index (χ3n) is 4.55. The summed E-state index contributed by atoms with van der Waals surface area (Å²) in [7, 11) is -0.485. The molecular weight excluding hydrogens is 370 g/mol. The molecule has 3 aromatic rings. The van der Waals surface area contributed by atoms with Gasteiger partial charge in [0.15, 0.2) is 0 Å². The average molecular weight is 391 g/mol. The highest BCUT2D eigenvalue weighted by atomic mass is 32.2. The largest absolute Gasteiger partial charge is 0.464 e. The Balaban J connectivity index is 2.24. The summed E-state index contributed by atoms with van der Waals surface area (Å²) in [5, 5.41) is 5.27. The van der Waals surface area contributed by atoms with Crippen molar-refractivity contribution in [2.45, 2.75) is 20.5 Å². The van der Waals surface area contributed by atoms with E-state index in [9.17, 15) is 13.2 Å². The monoisotopic (exact) mass is 391 g/mol. The Kier molecular flexibility index (Phi) is 4.83. The zero-order chi connectivity index (χ0) is 19.9. The Labute approximate surface area is 157 Å². The lowest BCUT2D eigenvalue weighted by Gasteiger charge is -2.08. The first-order chi connectivity index (χ1) is 12.6. The molecule has 0 aliphatic carbocycles. The number of nitrogens with zero attached hydrogens (tertiary/aromatic N) is 2. The summed E-state index contributed by atoms with van der Waals surface area (Å²) < 4.78 is 34.3. The van der Waals surface area contributed by atoms with Crippen LogP contribution >= 0.6 is 0 Å². The predicted octanol–water partition coefficient (Wildman–Crippen LogP) is 2.45. The number of benzene rings is 1. The van der Waals surface area contributed by atoms with E-state index in [-0.39, 0.29) is 6.61 Å². The van der Waals surface area contributed by atoms with E-state index in [1.165, 1.54) is 7.11 Å². The van der Waals surface area contributed by atoms with Gasteiger partial charge in [-0.05, 0) is 31.0 Å². The van der Waals surface area contributed by atoms with Crippen LogP contribution in [0, 0.1) is 13.8 Å². The number of aromatic nitrogens is 3. The predicted molar refractivity (Wildman–Crippen MR) is 101 cm³/mol. The molecule has 8 nitrogen and oxygen atoms in total. The number of hydrogen-bond donors (Lipinski definition) is 1. The van der Waals surface area contributed by atoms with Crippen LogP contribution in [0.25, 0.3) is 22.0 Å². The zero-order valence-electron chi connectivity index (χ0n) is 15.8. The van der Waals surface area contributed by atoms with Gasteiger partial charge in [-0.3, -0.25) is 8.86 Å². The van der Waals surface area contributed by atoms with Crippen molar-refractivity contribution in [2.24, 2.45) is 7.05 Å². The maximum Gasteiger partial charge on any atom is 0.354 e. The number of aryl methyl sites for hydroxylation is 2. The fourth-order valence-electron chi connectivity index (χ4n) is 3.22. The number of carbonyl (C=O) groups is 1. The van der Waals surface area contributed by atoms with Gasteiger partial charge in [0.05, 0.1) is 19.1 Å². The second-order valence-corrected chi connectivity index (χ2v) is 7.99.